The first-order chi connectivity index (χ1) is 18.1. The number of aliphatic hydroxyl groups excluding tert-OH is 2. The maximum atomic E-state index is 12.7. The summed E-state index contributed by atoms with van der Waals surface area (Å²) in [4.78, 5) is 24.4. The number of esters is 1. The molecule has 4 aliphatic rings. The Morgan fingerprint density at radius 1 is 1.00 bits per heavy atom. The number of methoxy groups -OCH3 is 1. The van der Waals surface area contributed by atoms with Crippen LogP contribution in [0.25, 0.3) is 0 Å². The van der Waals surface area contributed by atoms with Crippen molar-refractivity contribution in [3.8, 4) is 0 Å². The number of amides is 1. The maximum absolute atomic E-state index is 12.7. The molecule has 0 aliphatic heterocycles. The standard InChI is InChI=1S/C32H47NO5/c1-19(5-12-28(36)33-22-8-6-20(7-9-22)30(37)38-4)24-10-11-25-29-26(14-16-32(24,25)3)31(2)15-13-23(34)17-21(31)18-27(29)35/h6-9,19,21,23-27,29,34-35H,5,10-18H2,1-4H3,(H,33,36). The van der Waals surface area contributed by atoms with E-state index in [1.165, 1.54) is 32.8 Å². The third-order valence-electron chi connectivity index (χ3n) is 11.8. The molecule has 0 aromatic heterocycles. The summed E-state index contributed by atoms with van der Waals surface area (Å²) in [6, 6.07) is 6.81. The lowest BCUT2D eigenvalue weighted by Gasteiger charge is -2.62. The summed E-state index contributed by atoms with van der Waals surface area (Å²) in [5.74, 6) is 2.57. The Labute approximate surface area is 227 Å². The first kappa shape index (κ1) is 27.6. The summed E-state index contributed by atoms with van der Waals surface area (Å²) < 4.78 is 4.73. The second kappa shape index (κ2) is 10.6. The number of hydrogen-bond donors (Lipinski definition) is 3. The van der Waals surface area contributed by atoms with Crippen LogP contribution in [-0.4, -0.2) is 41.4 Å². The van der Waals surface area contributed by atoms with E-state index in [0.717, 1.165) is 32.1 Å². The third kappa shape index (κ3) is 4.81. The number of benzene rings is 1. The SMILES string of the molecule is COC(=O)c1ccc(NC(=O)CCC(C)C2CCC3C4C(O)CC5CC(O)CCC5(C)C4CCC23C)cc1. The minimum atomic E-state index is -0.388. The topological polar surface area (TPSA) is 95.9 Å². The highest BCUT2D eigenvalue weighted by Gasteiger charge is 2.62. The van der Waals surface area contributed by atoms with Gasteiger partial charge in [0.05, 0.1) is 24.9 Å². The molecule has 4 aliphatic carbocycles. The molecule has 0 saturated heterocycles. The van der Waals surface area contributed by atoms with Crippen LogP contribution < -0.4 is 5.32 Å². The zero-order valence-electron chi connectivity index (χ0n) is 23.6. The number of ether oxygens (including phenoxy) is 1. The van der Waals surface area contributed by atoms with E-state index >= 15 is 0 Å². The van der Waals surface area contributed by atoms with Gasteiger partial charge in [-0.1, -0.05) is 20.8 Å². The summed E-state index contributed by atoms with van der Waals surface area (Å²) in [6.45, 7) is 7.27. The number of aliphatic hydroxyl groups is 2. The van der Waals surface area contributed by atoms with Gasteiger partial charge in [0.15, 0.2) is 0 Å². The van der Waals surface area contributed by atoms with Crippen LogP contribution >= 0.6 is 0 Å². The summed E-state index contributed by atoms with van der Waals surface area (Å²) in [5.41, 5.74) is 1.63. The third-order valence-corrected chi connectivity index (χ3v) is 11.8. The summed E-state index contributed by atoms with van der Waals surface area (Å²) in [5, 5.41) is 24.7. The Morgan fingerprint density at radius 2 is 1.68 bits per heavy atom. The van der Waals surface area contributed by atoms with Crippen molar-refractivity contribution in [2.45, 2.75) is 97.2 Å². The second-order valence-corrected chi connectivity index (χ2v) is 13.6. The lowest BCUT2D eigenvalue weighted by atomic mass is 9.43. The minimum absolute atomic E-state index is 0.00670. The van der Waals surface area contributed by atoms with Gasteiger partial charge in [0, 0.05) is 12.1 Å². The molecule has 6 nitrogen and oxygen atoms in total. The zero-order chi connectivity index (χ0) is 27.2. The molecule has 1 amide bonds. The van der Waals surface area contributed by atoms with Crippen LogP contribution in [0.3, 0.4) is 0 Å². The van der Waals surface area contributed by atoms with Crippen molar-refractivity contribution in [2.24, 2.45) is 46.3 Å². The number of carbonyl (C=O) groups excluding carboxylic acids is 2. The van der Waals surface area contributed by atoms with Crippen molar-refractivity contribution in [2.75, 3.05) is 12.4 Å². The Balaban J connectivity index is 1.20. The van der Waals surface area contributed by atoms with Gasteiger partial charge in [-0.3, -0.25) is 4.79 Å². The highest BCUT2D eigenvalue weighted by molar-refractivity contribution is 5.93. The van der Waals surface area contributed by atoms with Gasteiger partial charge in [0.1, 0.15) is 0 Å². The number of carbonyl (C=O) groups is 2. The maximum Gasteiger partial charge on any atom is 0.337 e. The van der Waals surface area contributed by atoms with Crippen molar-refractivity contribution in [3.05, 3.63) is 29.8 Å². The van der Waals surface area contributed by atoms with Crippen molar-refractivity contribution in [1.82, 2.24) is 0 Å². The van der Waals surface area contributed by atoms with Gasteiger partial charge in [-0.25, -0.2) is 4.79 Å². The molecule has 1 aromatic rings. The molecule has 4 fully saturated rings. The lowest BCUT2D eigenvalue weighted by molar-refractivity contribution is -0.174. The fraction of sp³-hybridized carbons (Fsp3) is 0.750. The van der Waals surface area contributed by atoms with Crippen LogP contribution in [0.15, 0.2) is 24.3 Å². The van der Waals surface area contributed by atoms with Gasteiger partial charge in [0.2, 0.25) is 5.91 Å². The minimum Gasteiger partial charge on any atom is -0.465 e. The average molecular weight is 526 g/mol. The predicted octanol–water partition coefficient (Wildman–Crippen LogP) is 5.82. The van der Waals surface area contributed by atoms with E-state index in [-0.39, 0.29) is 34.9 Å². The van der Waals surface area contributed by atoms with Crippen LogP contribution in [-0.2, 0) is 9.53 Å². The molecule has 210 valence electrons. The molecular formula is C32H47NO5. The van der Waals surface area contributed by atoms with E-state index in [4.69, 9.17) is 4.74 Å². The predicted molar refractivity (Wildman–Crippen MR) is 147 cm³/mol. The molecule has 10 atom stereocenters. The molecule has 38 heavy (non-hydrogen) atoms. The van der Waals surface area contributed by atoms with Crippen LogP contribution in [0.1, 0.15) is 95.3 Å². The molecule has 0 spiro atoms. The monoisotopic (exact) mass is 525 g/mol. The smallest absolute Gasteiger partial charge is 0.337 e. The Hall–Kier alpha value is -1.92. The number of nitrogens with one attached hydrogen (secondary N) is 1. The normalized spacial score (nSPS) is 40.8. The van der Waals surface area contributed by atoms with Gasteiger partial charge in [-0.2, -0.15) is 0 Å². The van der Waals surface area contributed by atoms with Crippen molar-refractivity contribution >= 4 is 17.6 Å². The molecule has 0 radical (unpaired) electrons. The molecule has 6 heteroatoms. The highest BCUT2D eigenvalue weighted by Crippen LogP contribution is 2.68. The van der Waals surface area contributed by atoms with Crippen LogP contribution in [0.2, 0.25) is 0 Å². The van der Waals surface area contributed by atoms with Crippen LogP contribution in [0.5, 0.6) is 0 Å². The van der Waals surface area contributed by atoms with Crippen LogP contribution in [0, 0.1) is 46.3 Å². The molecular weight excluding hydrogens is 478 g/mol. The zero-order valence-corrected chi connectivity index (χ0v) is 23.6. The Kier molecular flexibility index (Phi) is 7.69. The summed E-state index contributed by atoms with van der Waals surface area (Å²) in [6.07, 6.45) is 9.37. The van der Waals surface area contributed by atoms with E-state index in [0.29, 0.717) is 53.2 Å². The van der Waals surface area contributed by atoms with Gasteiger partial charge in [0.25, 0.3) is 0 Å². The van der Waals surface area contributed by atoms with E-state index < -0.39 is 0 Å². The average Bonchev–Trinajstić information content (AvgIpc) is 3.25. The van der Waals surface area contributed by atoms with Crippen molar-refractivity contribution in [3.63, 3.8) is 0 Å². The van der Waals surface area contributed by atoms with E-state index in [9.17, 15) is 19.8 Å². The molecule has 0 bridgehead atoms. The molecule has 0 heterocycles. The Bertz CT molecular complexity index is 1030. The van der Waals surface area contributed by atoms with Crippen molar-refractivity contribution in [1.29, 1.82) is 0 Å². The van der Waals surface area contributed by atoms with Gasteiger partial charge in [-0.15, -0.1) is 0 Å². The van der Waals surface area contributed by atoms with E-state index in [2.05, 4.69) is 26.1 Å². The fourth-order valence-corrected chi connectivity index (χ4v) is 9.77. The van der Waals surface area contributed by atoms with Gasteiger partial charge >= 0.3 is 5.97 Å². The Morgan fingerprint density at radius 3 is 2.39 bits per heavy atom. The second-order valence-electron chi connectivity index (χ2n) is 13.6. The number of anilines is 1. The summed E-state index contributed by atoms with van der Waals surface area (Å²) in [7, 11) is 1.35. The highest BCUT2D eigenvalue weighted by atomic mass is 16.5. The largest absolute Gasteiger partial charge is 0.465 e. The quantitative estimate of drug-likeness (QED) is 0.407. The molecule has 5 rings (SSSR count). The van der Waals surface area contributed by atoms with E-state index in [1.807, 2.05) is 0 Å². The van der Waals surface area contributed by atoms with Gasteiger partial charge in [-0.05, 0) is 128 Å². The molecule has 1 aromatic carbocycles. The van der Waals surface area contributed by atoms with Crippen LogP contribution in [0.4, 0.5) is 5.69 Å². The van der Waals surface area contributed by atoms with Gasteiger partial charge < -0.3 is 20.3 Å². The van der Waals surface area contributed by atoms with Crippen molar-refractivity contribution < 1.29 is 24.5 Å². The summed E-state index contributed by atoms with van der Waals surface area (Å²) >= 11 is 0. The first-order valence-electron chi connectivity index (χ1n) is 14.9. The number of rotatable bonds is 6. The number of fused-ring (bicyclic) bond motifs is 5. The fourth-order valence-electron chi connectivity index (χ4n) is 9.77. The first-order valence-corrected chi connectivity index (χ1v) is 14.9. The number of hydrogen-bond acceptors (Lipinski definition) is 5. The lowest BCUT2D eigenvalue weighted by Crippen LogP contribution is -2.58. The molecule has 10 unspecified atom stereocenters. The molecule has 4 saturated carbocycles. The van der Waals surface area contributed by atoms with E-state index in [1.54, 1.807) is 24.3 Å². The molecule has 3 N–H and O–H groups in total.